The second-order valence-corrected chi connectivity index (χ2v) is 10.2. The Kier molecular flexibility index (Phi) is 6.17. The number of carbonyl (C=O) groups is 1. The average Bonchev–Trinajstić information content (AvgIpc) is 3.57. The third-order valence-corrected chi connectivity index (χ3v) is 7.77. The smallest absolute Gasteiger partial charge is 0.278 e. The van der Waals surface area contributed by atoms with Crippen LogP contribution in [-0.2, 0) is 11.3 Å². The molecule has 0 aliphatic carbocycles. The Bertz CT molecular complexity index is 1420. The lowest BCUT2D eigenvalue weighted by atomic mass is 10.3. The summed E-state index contributed by atoms with van der Waals surface area (Å²) in [4.78, 5) is 32.8. The monoisotopic (exact) mass is 502 g/mol. The molecule has 1 aromatic carbocycles. The normalized spacial score (nSPS) is 13.8. The van der Waals surface area contributed by atoms with Gasteiger partial charge in [-0.3, -0.25) is 18.7 Å². The zero-order valence-corrected chi connectivity index (χ0v) is 19.8. The molecule has 1 aliphatic heterocycles. The summed E-state index contributed by atoms with van der Waals surface area (Å²) in [6.07, 6.45) is 3.59. The standard InChI is InChI=1S/C22H19FN4O3S3/c23-14-5-7-15(8-6-14)27-20(29)18-19(26(22(31)33-18)12-16-4-3-11-30-16)24-21(27)32-13-17(28)25-9-1-2-10-25/h3-8,11H,1-2,9-10,12-13H2. The number of hydrogen-bond donors (Lipinski definition) is 0. The molecule has 11 heteroatoms. The van der Waals surface area contributed by atoms with Crippen LogP contribution in [0.2, 0.25) is 0 Å². The molecule has 170 valence electrons. The fourth-order valence-corrected chi connectivity index (χ4v) is 5.94. The highest BCUT2D eigenvalue weighted by Crippen LogP contribution is 2.26. The van der Waals surface area contributed by atoms with E-state index in [-0.39, 0.29) is 17.2 Å². The van der Waals surface area contributed by atoms with E-state index in [1.807, 2.05) is 11.0 Å². The molecule has 1 amide bonds. The second-order valence-electron chi connectivity index (χ2n) is 7.57. The maximum absolute atomic E-state index is 13.6. The van der Waals surface area contributed by atoms with Crippen LogP contribution in [0.5, 0.6) is 0 Å². The number of rotatable bonds is 6. The number of nitrogens with zero attached hydrogens (tertiary/aromatic N) is 4. The molecule has 0 atom stereocenters. The molecule has 0 saturated carbocycles. The van der Waals surface area contributed by atoms with Gasteiger partial charge in [0.15, 0.2) is 14.8 Å². The highest BCUT2D eigenvalue weighted by Gasteiger charge is 2.22. The fourth-order valence-electron chi connectivity index (χ4n) is 3.77. The summed E-state index contributed by atoms with van der Waals surface area (Å²) in [5.41, 5.74) is 0.613. The molecule has 0 N–H and O–H groups in total. The van der Waals surface area contributed by atoms with Gasteiger partial charge in [0, 0.05) is 13.1 Å². The van der Waals surface area contributed by atoms with Gasteiger partial charge in [0.05, 0.1) is 24.2 Å². The molecule has 5 rings (SSSR count). The van der Waals surface area contributed by atoms with E-state index in [9.17, 15) is 14.0 Å². The third kappa shape index (κ3) is 4.40. The lowest BCUT2D eigenvalue weighted by molar-refractivity contribution is -0.127. The van der Waals surface area contributed by atoms with Gasteiger partial charge in [0.1, 0.15) is 16.3 Å². The Hall–Kier alpha value is -2.76. The van der Waals surface area contributed by atoms with Gasteiger partial charge in [-0.25, -0.2) is 9.37 Å². The largest absolute Gasteiger partial charge is 0.467 e. The lowest BCUT2D eigenvalue weighted by Crippen LogP contribution is -2.29. The zero-order valence-electron chi connectivity index (χ0n) is 17.4. The molecule has 4 aromatic rings. The average molecular weight is 503 g/mol. The molecule has 0 radical (unpaired) electrons. The van der Waals surface area contributed by atoms with E-state index in [1.54, 1.807) is 16.9 Å². The van der Waals surface area contributed by atoms with Crippen molar-refractivity contribution in [3.8, 4) is 5.69 Å². The first-order valence-corrected chi connectivity index (χ1v) is 12.6. The minimum Gasteiger partial charge on any atom is -0.467 e. The van der Waals surface area contributed by atoms with Crippen molar-refractivity contribution < 1.29 is 13.6 Å². The van der Waals surface area contributed by atoms with Gasteiger partial charge in [0.2, 0.25) is 5.91 Å². The number of likely N-dealkylation sites (tertiary alicyclic amines) is 1. The molecular weight excluding hydrogens is 483 g/mol. The van der Waals surface area contributed by atoms with Gasteiger partial charge < -0.3 is 9.32 Å². The molecule has 1 fully saturated rings. The highest BCUT2D eigenvalue weighted by molar-refractivity contribution is 7.99. The molecule has 1 saturated heterocycles. The van der Waals surface area contributed by atoms with E-state index < -0.39 is 5.82 Å². The summed E-state index contributed by atoms with van der Waals surface area (Å²) >= 11 is 7.89. The molecule has 0 unspecified atom stereocenters. The van der Waals surface area contributed by atoms with E-state index in [1.165, 1.54) is 51.9 Å². The quantitative estimate of drug-likeness (QED) is 0.220. The van der Waals surface area contributed by atoms with Crippen molar-refractivity contribution in [1.82, 2.24) is 19.0 Å². The third-order valence-electron chi connectivity index (χ3n) is 5.42. The van der Waals surface area contributed by atoms with E-state index in [2.05, 4.69) is 0 Å². The summed E-state index contributed by atoms with van der Waals surface area (Å²) < 4.78 is 23.1. The number of furan rings is 1. The molecular formula is C22H19FN4O3S3. The number of thiazole rings is 1. The molecule has 0 bridgehead atoms. The van der Waals surface area contributed by atoms with Crippen molar-refractivity contribution >= 4 is 51.6 Å². The summed E-state index contributed by atoms with van der Waals surface area (Å²) in [5, 5.41) is 0.354. The number of halogens is 1. The minimum absolute atomic E-state index is 0.00948. The van der Waals surface area contributed by atoms with Crippen LogP contribution in [0.4, 0.5) is 4.39 Å². The number of fused-ring (bicyclic) bond motifs is 1. The molecule has 0 spiro atoms. The Morgan fingerprint density at radius 3 is 2.67 bits per heavy atom. The molecule has 33 heavy (non-hydrogen) atoms. The van der Waals surface area contributed by atoms with Crippen LogP contribution in [-0.4, -0.2) is 43.8 Å². The summed E-state index contributed by atoms with van der Waals surface area (Å²) in [7, 11) is 0. The maximum atomic E-state index is 13.6. The van der Waals surface area contributed by atoms with Crippen LogP contribution in [0.15, 0.2) is 57.0 Å². The van der Waals surface area contributed by atoms with Crippen LogP contribution in [0.3, 0.4) is 0 Å². The number of thioether (sulfide) groups is 1. The predicted octanol–water partition coefficient (Wildman–Crippen LogP) is 4.47. The van der Waals surface area contributed by atoms with Crippen LogP contribution >= 0.6 is 35.3 Å². The first-order chi connectivity index (χ1) is 16.0. The van der Waals surface area contributed by atoms with Crippen molar-refractivity contribution in [2.75, 3.05) is 18.8 Å². The Balaban J connectivity index is 1.61. The number of aromatic nitrogens is 3. The van der Waals surface area contributed by atoms with Crippen molar-refractivity contribution in [2.24, 2.45) is 0 Å². The van der Waals surface area contributed by atoms with Gasteiger partial charge in [-0.15, -0.1) is 0 Å². The first kappa shape index (κ1) is 22.1. The van der Waals surface area contributed by atoms with E-state index in [0.29, 0.717) is 37.5 Å². The topological polar surface area (TPSA) is 73.3 Å². The van der Waals surface area contributed by atoms with Gasteiger partial charge in [-0.2, -0.15) is 0 Å². The summed E-state index contributed by atoms with van der Waals surface area (Å²) in [6.45, 7) is 1.85. The van der Waals surface area contributed by atoms with Crippen molar-refractivity contribution in [3.63, 3.8) is 0 Å². The molecule has 1 aliphatic rings. The first-order valence-electron chi connectivity index (χ1n) is 10.4. The van der Waals surface area contributed by atoms with Crippen LogP contribution in [0, 0.1) is 9.77 Å². The fraction of sp³-hybridized carbons (Fsp3) is 0.273. The van der Waals surface area contributed by atoms with Gasteiger partial charge in [0.25, 0.3) is 5.56 Å². The number of hydrogen-bond acceptors (Lipinski definition) is 7. The zero-order chi connectivity index (χ0) is 22.9. The Labute approximate surface area is 201 Å². The number of amides is 1. The lowest BCUT2D eigenvalue weighted by Gasteiger charge is -2.16. The SMILES string of the molecule is O=C(CSc1nc2c(sc(=S)n2Cc2ccco2)c(=O)n1-c1ccc(F)cc1)N1CCCC1. The van der Waals surface area contributed by atoms with Crippen molar-refractivity contribution in [3.05, 3.63) is 68.5 Å². The Morgan fingerprint density at radius 2 is 1.97 bits per heavy atom. The van der Waals surface area contributed by atoms with E-state index >= 15 is 0 Å². The van der Waals surface area contributed by atoms with Crippen LogP contribution in [0.25, 0.3) is 16.0 Å². The van der Waals surface area contributed by atoms with Gasteiger partial charge in [-0.1, -0.05) is 23.1 Å². The van der Waals surface area contributed by atoms with Crippen molar-refractivity contribution in [1.29, 1.82) is 0 Å². The van der Waals surface area contributed by atoms with Gasteiger partial charge >= 0.3 is 0 Å². The molecule has 3 aromatic heterocycles. The van der Waals surface area contributed by atoms with Gasteiger partial charge in [-0.05, 0) is 61.5 Å². The van der Waals surface area contributed by atoms with Crippen LogP contribution < -0.4 is 5.56 Å². The van der Waals surface area contributed by atoms with E-state index in [4.69, 9.17) is 21.6 Å². The molecule has 4 heterocycles. The highest BCUT2D eigenvalue weighted by atomic mass is 32.2. The number of benzene rings is 1. The minimum atomic E-state index is -0.403. The Morgan fingerprint density at radius 1 is 1.21 bits per heavy atom. The summed E-state index contributed by atoms with van der Waals surface area (Å²) in [6, 6.07) is 9.24. The predicted molar refractivity (Wildman–Crippen MR) is 128 cm³/mol. The maximum Gasteiger partial charge on any atom is 0.278 e. The second kappa shape index (κ2) is 9.24. The van der Waals surface area contributed by atoms with E-state index in [0.717, 1.165) is 25.9 Å². The van der Waals surface area contributed by atoms with Crippen molar-refractivity contribution in [2.45, 2.75) is 24.5 Å². The number of carbonyl (C=O) groups excluding carboxylic acids is 1. The molecule has 7 nitrogen and oxygen atoms in total. The van der Waals surface area contributed by atoms with Crippen LogP contribution in [0.1, 0.15) is 18.6 Å². The summed E-state index contributed by atoms with van der Waals surface area (Å²) in [5.74, 6) is 0.450.